The molecule has 0 radical (unpaired) electrons. The van der Waals surface area contributed by atoms with Crippen molar-refractivity contribution in [2.24, 2.45) is 0 Å². The Balaban J connectivity index is 2.33. The number of nitrogens with zero attached hydrogens (tertiary/aromatic N) is 1. The van der Waals surface area contributed by atoms with Crippen molar-refractivity contribution in [1.82, 2.24) is 4.90 Å². The number of carboxylic acid groups (broad SMARTS) is 1. The van der Waals surface area contributed by atoms with E-state index in [9.17, 15) is 9.59 Å². The molecule has 1 N–H and O–H groups in total. The topological polar surface area (TPSA) is 57.6 Å². The molecular weight excluding hydrogens is 194 g/mol. The first-order chi connectivity index (χ1) is 7.09. The molecule has 0 atom stereocenters. The SMILES string of the molecule is Cc1cccc2c1CN(CC(=O)O)C2=O. The third kappa shape index (κ3) is 1.58. The zero-order valence-corrected chi connectivity index (χ0v) is 8.36. The number of rotatable bonds is 2. The van der Waals surface area contributed by atoms with Gasteiger partial charge in [-0.1, -0.05) is 12.1 Å². The maximum Gasteiger partial charge on any atom is 0.323 e. The molecule has 4 nitrogen and oxygen atoms in total. The highest BCUT2D eigenvalue weighted by molar-refractivity contribution is 6.00. The average Bonchev–Trinajstić information content (AvgIpc) is 2.46. The lowest BCUT2D eigenvalue weighted by molar-refractivity contribution is -0.137. The highest BCUT2D eigenvalue weighted by Crippen LogP contribution is 2.24. The van der Waals surface area contributed by atoms with E-state index in [1.54, 1.807) is 6.07 Å². The molecule has 1 amide bonds. The van der Waals surface area contributed by atoms with Crippen LogP contribution in [-0.2, 0) is 11.3 Å². The number of hydrogen-bond donors (Lipinski definition) is 1. The second-order valence-electron chi connectivity index (χ2n) is 3.66. The van der Waals surface area contributed by atoms with Gasteiger partial charge in [0, 0.05) is 12.1 Å². The summed E-state index contributed by atoms with van der Waals surface area (Å²) in [6.45, 7) is 2.11. The van der Waals surface area contributed by atoms with E-state index in [1.807, 2.05) is 19.1 Å². The summed E-state index contributed by atoms with van der Waals surface area (Å²) in [6.07, 6.45) is 0. The van der Waals surface area contributed by atoms with Crippen molar-refractivity contribution in [2.45, 2.75) is 13.5 Å². The van der Waals surface area contributed by atoms with Crippen molar-refractivity contribution in [1.29, 1.82) is 0 Å². The normalized spacial score (nSPS) is 14.2. The fourth-order valence-corrected chi connectivity index (χ4v) is 1.84. The third-order valence-electron chi connectivity index (χ3n) is 2.60. The van der Waals surface area contributed by atoms with E-state index in [0.29, 0.717) is 12.1 Å². The minimum Gasteiger partial charge on any atom is -0.480 e. The van der Waals surface area contributed by atoms with Crippen LogP contribution in [0.2, 0.25) is 0 Å². The van der Waals surface area contributed by atoms with E-state index in [-0.39, 0.29) is 12.5 Å². The van der Waals surface area contributed by atoms with Crippen LogP contribution in [0.3, 0.4) is 0 Å². The molecule has 0 aliphatic carbocycles. The highest BCUT2D eigenvalue weighted by atomic mass is 16.4. The standard InChI is InChI=1S/C11H11NO3/c1-7-3-2-4-8-9(7)5-12(11(8)15)6-10(13)14/h2-4H,5-6H2,1H3,(H,13,14). The number of fused-ring (bicyclic) bond motifs is 1. The van der Waals surface area contributed by atoms with Crippen molar-refractivity contribution in [2.75, 3.05) is 6.54 Å². The summed E-state index contributed by atoms with van der Waals surface area (Å²) in [5.74, 6) is -1.16. The first-order valence-electron chi connectivity index (χ1n) is 4.69. The van der Waals surface area contributed by atoms with Gasteiger partial charge in [-0.05, 0) is 24.1 Å². The Bertz CT molecular complexity index is 439. The monoisotopic (exact) mass is 205 g/mol. The molecule has 4 heteroatoms. The highest BCUT2D eigenvalue weighted by Gasteiger charge is 2.29. The summed E-state index contributed by atoms with van der Waals surface area (Å²) < 4.78 is 0. The van der Waals surface area contributed by atoms with Crippen molar-refractivity contribution in [3.8, 4) is 0 Å². The van der Waals surface area contributed by atoms with Gasteiger partial charge < -0.3 is 10.0 Å². The van der Waals surface area contributed by atoms with Crippen LogP contribution in [0.5, 0.6) is 0 Å². The van der Waals surface area contributed by atoms with Crippen molar-refractivity contribution in [3.63, 3.8) is 0 Å². The van der Waals surface area contributed by atoms with E-state index in [0.717, 1.165) is 11.1 Å². The fourth-order valence-electron chi connectivity index (χ4n) is 1.84. The predicted octanol–water partition coefficient (Wildman–Crippen LogP) is 1.04. The van der Waals surface area contributed by atoms with Crippen LogP contribution in [0, 0.1) is 6.92 Å². The van der Waals surface area contributed by atoms with E-state index >= 15 is 0 Å². The van der Waals surface area contributed by atoms with E-state index in [2.05, 4.69) is 0 Å². The smallest absolute Gasteiger partial charge is 0.323 e. The Hall–Kier alpha value is -1.84. The number of aryl methyl sites for hydroxylation is 1. The van der Waals surface area contributed by atoms with Crippen LogP contribution < -0.4 is 0 Å². The first-order valence-corrected chi connectivity index (χ1v) is 4.69. The Morgan fingerprint density at radius 1 is 1.53 bits per heavy atom. The average molecular weight is 205 g/mol. The number of carboxylic acids is 1. The van der Waals surface area contributed by atoms with E-state index in [4.69, 9.17) is 5.11 Å². The van der Waals surface area contributed by atoms with Gasteiger partial charge in [0.15, 0.2) is 0 Å². The second kappa shape index (κ2) is 3.38. The van der Waals surface area contributed by atoms with Crippen LogP contribution >= 0.6 is 0 Å². The zero-order chi connectivity index (χ0) is 11.0. The molecule has 1 aromatic rings. The molecule has 2 rings (SSSR count). The molecule has 1 heterocycles. The van der Waals surface area contributed by atoms with Gasteiger partial charge in [0.05, 0.1) is 0 Å². The summed E-state index contributed by atoms with van der Waals surface area (Å²) in [5, 5.41) is 8.65. The molecular formula is C11H11NO3. The van der Waals surface area contributed by atoms with Crippen LogP contribution in [0.15, 0.2) is 18.2 Å². The molecule has 0 aromatic heterocycles. The van der Waals surface area contributed by atoms with Gasteiger partial charge in [-0.3, -0.25) is 9.59 Å². The quantitative estimate of drug-likeness (QED) is 0.784. The Labute approximate surface area is 87.1 Å². The largest absolute Gasteiger partial charge is 0.480 e. The Morgan fingerprint density at radius 2 is 2.27 bits per heavy atom. The lowest BCUT2D eigenvalue weighted by Gasteiger charge is -2.11. The molecule has 15 heavy (non-hydrogen) atoms. The number of carbonyl (C=O) groups is 2. The van der Waals surface area contributed by atoms with Gasteiger partial charge in [-0.2, -0.15) is 0 Å². The van der Waals surface area contributed by atoms with E-state index < -0.39 is 5.97 Å². The van der Waals surface area contributed by atoms with Crippen LogP contribution in [0.1, 0.15) is 21.5 Å². The van der Waals surface area contributed by atoms with Gasteiger partial charge in [0.1, 0.15) is 6.54 Å². The van der Waals surface area contributed by atoms with Gasteiger partial charge >= 0.3 is 5.97 Å². The summed E-state index contributed by atoms with van der Waals surface area (Å²) in [4.78, 5) is 23.6. The maximum atomic E-state index is 11.7. The van der Waals surface area contributed by atoms with Gasteiger partial charge in [0.2, 0.25) is 0 Å². The number of benzene rings is 1. The van der Waals surface area contributed by atoms with Crippen LogP contribution in [0.4, 0.5) is 0 Å². The number of amides is 1. The molecule has 0 unspecified atom stereocenters. The lowest BCUT2D eigenvalue weighted by atomic mass is 10.1. The molecule has 0 bridgehead atoms. The molecule has 0 saturated heterocycles. The number of hydrogen-bond acceptors (Lipinski definition) is 2. The van der Waals surface area contributed by atoms with Crippen molar-refractivity contribution < 1.29 is 14.7 Å². The number of aliphatic carboxylic acids is 1. The fraction of sp³-hybridized carbons (Fsp3) is 0.273. The molecule has 78 valence electrons. The summed E-state index contributed by atoms with van der Waals surface area (Å²) in [7, 11) is 0. The third-order valence-corrected chi connectivity index (χ3v) is 2.60. The summed E-state index contributed by atoms with van der Waals surface area (Å²) in [5.41, 5.74) is 2.62. The van der Waals surface area contributed by atoms with Gasteiger partial charge in [0.25, 0.3) is 5.91 Å². The Morgan fingerprint density at radius 3 is 2.87 bits per heavy atom. The lowest BCUT2D eigenvalue weighted by Crippen LogP contribution is -2.29. The molecule has 0 saturated carbocycles. The Kier molecular flexibility index (Phi) is 2.19. The summed E-state index contributed by atoms with van der Waals surface area (Å²) in [6, 6.07) is 5.49. The second-order valence-corrected chi connectivity index (χ2v) is 3.66. The molecule has 0 fully saturated rings. The van der Waals surface area contributed by atoms with Gasteiger partial charge in [-0.15, -0.1) is 0 Å². The van der Waals surface area contributed by atoms with Crippen LogP contribution in [-0.4, -0.2) is 28.4 Å². The predicted molar refractivity (Wildman–Crippen MR) is 53.6 cm³/mol. The summed E-state index contributed by atoms with van der Waals surface area (Å²) >= 11 is 0. The minimum atomic E-state index is -0.978. The maximum absolute atomic E-state index is 11.7. The van der Waals surface area contributed by atoms with Crippen LogP contribution in [0.25, 0.3) is 0 Å². The minimum absolute atomic E-state index is 0.184. The molecule has 1 aromatic carbocycles. The van der Waals surface area contributed by atoms with E-state index in [1.165, 1.54) is 4.90 Å². The first kappa shape index (κ1) is 9.71. The molecule has 1 aliphatic heterocycles. The van der Waals surface area contributed by atoms with Gasteiger partial charge in [-0.25, -0.2) is 0 Å². The zero-order valence-electron chi connectivity index (χ0n) is 8.36. The van der Waals surface area contributed by atoms with Crippen molar-refractivity contribution in [3.05, 3.63) is 34.9 Å². The van der Waals surface area contributed by atoms with Crippen molar-refractivity contribution >= 4 is 11.9 Å². The molecule has 1 aliphatic rings. The molecule has 0 spiro atoms. The number of carbonyl (C=O) groups excluding carboxylic acids is 1.